The van der Waals surface area contributed by atoms with Crippen molar-refractivity contribution in [3.05, 3.63) is 83.4 Å². The van der Waals surface area contributed by atoms with Gasteiger partial charge in [0.15, 0.2) is 5.84 Å². The fourth-order valence-corrected chi connectivity index (χ4v) is 5.33. The fraction of sp³-hybridized carbons (Fsp3) is 0.130. The molecule has 1 aliphatic heterocycles. The molecule has 2 aliphatic rings. The third-order valence-corrected chi connectivity index (χ3v) is 6.76. The first-order valence-corrected chi connectivity index (χ1v) is 11.0. The molecule has 30 heavy (non-hydrogen) atoms. The summed E-state index contributed by atoms with van der Waals surface area (Å²) >= 11 is 0. The van der Waals surface area contributed by atoms with E-state index in [1.807, 2.05) is 30.3 Å². The summed E-state index contributed by atoms with van der Waals surface area (Å²) in [5.74, 6) is 0.0441. The van der Waals surface area contributed by atoms with Crippen LogP contribution in [-0.2, 0) is 21.2 Å². The first kappa shape index (κ1) is 18.6. The number of carbonyl (C=O) groups excluding carboxylic acids is 1. The van der Waals surface area contributed by atoms with Crippen LogP contribution in [0.25, 0.3) is 11.1 Å². The molecule has 1 heterocycles. The molecule has 150 valence electrons. The van der Waals surface area contributed by atoms with Crippen LogP contribution >= 0.6 is 0 Å². The first-order valence-electron chi connectivity index (χ1n) is 9.59. The molecule has 3 aromatic carbocycles. The average molecular weight is 417 g/mol. The number of carbonyl (C=O) groups is 1. The number of benzene rings is 3. The van der Waals surface area contributed by atoms with Crippen LogP contribution in [0.3, 0.4) is 0 Å². The maximum atomic E-state index is 12.6. The molecular weight excluding hydrogens is 398 g/mol. The summed E-state index contributed by atoms with van der Waals surface area (Å²) in [5, 5.41) is 2.91. The molecule has 0 aromatic heterocycles. The molecule has 3 aromatic rings. The number of amidine groups is 1. The Morgan fingerprint density at radius 2 is 1.67 bits per heavy atom. The average Bonchev–Trinajstić information content (AvgIpc) is 3.22. The third-order valence-electron chi connectivity index (χ3n) is 5.43. The van der Waals surface area contributed by atoms with Crippen molar-refractivity contribution >= 4 is 27.5 Å². The Hall–Kier alpha value is -3.45. The van der Waals surface area contributed by atoms with E-state index in [1.165, 1.54) is 28.3 Å². The molecule has 0 saturated heterocycles. The van der Waals surface area contributed by atoms with Crippen molar-refractivity contribution in [2.24, 2.45) is 4.40 Å². The van der Waals surface area contributed by atoms with Gasteiger partial charge < -0.3 is 10.2 Å². The van der Waals surface area contributed by atoms with E-state index < -0.39 is 10.0 Å². The minimum absolute atomic E-state index is 0.0139. The number of amides is 1. The number of nitrogens with zero attached hydrogens (tertiary/aromatic N) is 2. The second-order valence-corrected chi connectivity index (χ2v) is 9.07. The van der Waals surface area contributed by atoms with Gasteiger partial charge in [-0.2, -0.15) is 8.42 Å². The second kappa shape index (κ2) is 6.81. The van der Waals surface area contributed by atoms with Crippen molar-refractivity contribution in [2.45, 2.75) is 11.3 Å². The molecular formula is C23H19N3O3S. The van der Waals surface area contributed by atoms with Crippen LogP contribution in [0.5, 0.6) is 0 Å². The number of hydrogen-bond acceptors (Lipinski definition) is 4. The summed E-state index contributed by atoms with van der Waals surface area (Å²) < 4.78 is 28.3. The number of nitrogens with one attached hydrogen (secondary N) is 1. The highest BCUT2D eigenvalue weighted by atomic mass is 32.2. The van der Waals surface area contributed by atoms with Gasteiger partial charge in [-0.1, -0.05) is 42.5 Å². The van der Waals surface area contributed by atoms with E-state index >= 15 is 0 Å². The molecule has 0 radical (unpaired) electrons. The number of anilines is 1. The first-order chi connectivity index (χ1) is 14.4. The molecule has 5 rings (SSSR count). The Balaban J connectivity index is 1.31. The monoisotopic (exact) mass is 417 g/mol. The molecule has 0 atom stereocenters. The zero-order valence-electron chi connectivity index (χ0n) is 16.3. The Kier molecular flexibility index (Phi) is 4.22. The summed E-state index contributed by atoms with van der Waals surface area (Å²) in [7, 11) is -2.05. The molecule has 0 bridgehead atoms. The van der Waals surface area contributed by atoms with Crippen LogP contribution in [0.2, 0.25) is 0 Å². The predicted octanol–water partition coefficient (Wildman–Crippen LogP) is 3.28. The maximum Gasteiger partial charge on any atom is 0.285 e. The van der Waals surface area contributed by atoms with Gasteiger partial charge in [0.25, 0.3) is 10.0 Å². The Bertz CT molecular complexity index is 1330. The highest BCUT2D eigenvalue weighted by molar-refractivity contribution is 7.90. The van der Waals surface area contributed by atoms with E-state index in [2.05, 4.69) is 21.8 Å². The minimum Gasteiger partial charge on any atom is -0.349 e. The number of fused-ring (bicyclic) bond motifs is 4. The lowest BCUT2D eigenvalue weighted by Gasteiger charge is -2.18. The number of sulfonamides is 1. The number of likely N-dealkylation sites (N-methyl/N-ethyl adjacent to an activating group) is 1. The number of hydrogen-bond donors (Lipinski definition) is 1. The molecule has 0 saturated carbocycles. The van der Waals surface area contributed by atoms with Crippen molar-refractivity contribution in [3.63, 3.8) is 0 Å². The standard InChI is InChI=1S/C23H19N3O3S/c1-26(23-20-8-4-5-9-21(20)30(28,29)25-23)14-22(27)24-17-10-11-19-16(13-17)12-15-6-2-3-7-18(15)19/h2-11,13H,12,14H2,1H3,(H,24,27). The van der Waals surface area contributed by atoms with Gasteiger partial charge in [0.05, 0.1) is 6.54 Å². The maximum absolute atomic E-state index is 12.6. The SMILES string of the molecule is CN(CC(=O)Nc1ccc2c(c1)Cc1ccccc1-2)C1=NS(=O)(=O)c2ccccc21. The highest BCUT2D eigenvalue weighted by Crippen LogP contribution is 2.37. The Morgan fingerprint density at radius 3 is 2.50 bits per heavy atom. The van der Waals surface area contributed by atoms with Gasteiger partial charge in [0.1, 0.15) is 4.90 Å². The van der Waals surface area contributed by atoms with E-state index in [0.717, 1.165) is 12.1 Å². The second-order valence-electron chi connectivity index (χ2n) is 7.50. The molecule has 1 N–H and O–H groups in total. The minimum atomic E-state index is -3.71. The lowest BCUT2D eigenvalue weighted by Crippen LogP contribution is -2.34. The fourth-order valence-electron chi connectivity index (χ4n) is 4.08. The molecule has 1 amide bonds. The predicted molar refractivity (Wildman–Crippen MR) is 116 cm³/mol. The van der Waals surface area contributed by atoms with Crippen molar-refractivity contribution < 1.29 is 13.2 Å². The molecule has 1 aliphatic carbocycles. The summed E-state index contributed by atoms with van der Waals surface area (Å²) in [6.07, 6.45) is 0.848. The summed E-state index contributed by atoms with van der Waals surface area (Å²) in [4.78, 5) is 14.3. The van der Waals surface area contributed by atoms with Crippen LogP contribution < -0.4 is 5.32 Å². The van der Waals surface area contributed by atoms with E-state index in [1.54, 1.807) is 30.1 Å². The quantitative estimate of drug-likeness (QED) is 0.555. The molecule has 7 heteroatoms. The highest BCUT2D eigenvalue weighted by Gasteiger charge is 2.31. The van der Waals surface area contributed by atoms with Crippen LogP contribution in [-0.4, -0.2) is 38.7 Å². The summed E-state index contributed by atoms with van der Waals surface area (Å²) in [6, 6.07) is 20.9. The molecule has 0 spiro atoms. The van der Waals surface area contributed by atoms with Crippen LogP contribution in [0, 0.1) is 0 Å². The third kappa shape index (κ3) is 3.07. The molecule has 0 unspecified atom stereocenters. The normalized spacial score (nSPS) is 15.0. The van der Waals surface area contributed by atoms with Gasteiger partial charge in [-0.05, 0) is 52.9 Å². The van der Waals surface area contributed by atoms with Crippen molar-refractivity contribution in [1.82, 2.24) is 4.90 Å². The zero-order chi connectivity index (χ0) is 20.9. The number of rotatable bonds is 3. The molecule has 0 fully saturated rings. The van der Waals surface area contributed by atoms with Gasteiger partial charge in [0.2, 0.25) is 5.91 Å². The van der Waals surface area contributed by atoms with Gasteiger partial charge >= 0.3 is 0 Å². The van der Waals surface area contributed by atoms with E-state index in [9.17, 15) is 13.2 Å². The van der Waals surface area contributed by atoms with E-state index in [-0.39, 0.29) is 23.2 Å². The topological polar surface area (TPSA) is 78.8 Å². The summed E-state index contributed by atoms with van der Waals surface area (Å²) in [5.41, 5.74) is 6.15. The van der Waals surface area contributed by atoms with Crippen LogP contribution in [0.4, 0.5) is 5.69 Å². The van der Waals surface area contributed by atoms with Crippen molar-refractivity contribution in [2.75, 3.05) is 18.9 Å². The lowest BCUT2D eigenvalue weighted by atomic mass is 10.1. The van der Waals surface area contributed by atoms with Gasteiger partial charge in [-0.15, -0.1) is 4.40 Å². The van der Waals surface area contributed by atoms with Gasteiger partial charge in [-0.25, -0.2) is 0 Å². The van der Waals surface area contributed by atoms with Crippen LogP contribution in [0.15, 0.2) is 76.0 Å². The zero-order valence-corrected chi connectivity index (χ0v) is 17.1. The smallest absolute Gasteiger partial charge is 0.285 e. The Labute approximate surface area is 174 Å². The largest absolute Gasteiger partial charge is 0.349 e. The van der Waals surface area contributed by atoms with Crippen molar-refractivity contribution in [1.29, 1.82) is 0 Å². The lowest BCUT2D eigenvalue weighted by molar-refractivity contribution is -0.116. The van der Waals surface area contributed by atoms with Gasteiger partial charge in [0, 0.05) is 18.3 Å². The van der Waals surface area contributed by atoms with Gasteiger partial charge in [-0.3, -0.25) is 4.79 Å². The summed E-state index contributed by atoms with van der Waals surface area (Å²) in [6.45, 7) is -0.0139. The van der Waals surface area contributed by atoms with Crippen molar-refractivity contribution in [3.8, 4) is 11.1 Å². The Morgan fingerprint density at radius 1 is 0.967 bits per heavy atom. The van der Waals surface area contributed by atoms with Crippen LogP contribution in [0.1, 0.15) is 16.7 Å². The van der Waals surface area contributed by atoms with E-state index in [0.29, 0.717) is 5.56 Å². The van der Waals surface area contributed by atoms with E-state index in [4.69, 9.17) is 0 Å². The molecule has 6 nitrogen and oxygen atoms in total.